The Morgan fingerprint density at radius 3 is 2.50 bits per heavy atom. The molecular weight excluding hydrogens is 226 g/mol. The average Bonchev–Trinajstić information content (AvgIpc) is 2.46. The summed E-state index contributed by atoms with van der Waals surface area (Å²) in [6.07, 6.45) is 5.30. The number of benzene rings is 1. The molecule has 2 atom stereocenters. The first-order valence-electron chi connectivity index (χ1n) is 6.78. The summed E-state index contributed by atoms with van der Waals surface area (Å²) in [6.45, 7) is 0.984. The van der Waals surface area contributed by atoms with E-state index in [1.807, 2.05) is 12.1 Å². The van der Waals surface area contributed by atoms with Gasteiger partial charge in [0.15, 0.2) is 0 Å². The van der Waals surface area contributed by atoms with E-state index < -0.39 is 0 Å². The van der Waals surface area contributed by atoms with Crippen molar-refractivity contribution in [2.45, 2.75) is 51.0 Å². The van der Waals surface area contributed by atoms with E-state index in [4.69, 9.17) is 9.84 Å². The second-order valence-corrected chi connectivity index (χ2v) is 5.02. The van der Waals surface area contributed by atoms with Crippen molar-refractivity contribution in [1.29, 1.82) is 0 Å². The molecule has 0 radical (unpaired) electrons. The highest BCUT2D eigenvalue weighted by molar-refractivity contribution is 5.21. The van der Waals surface area contributed by atoms with Crippen molar-refractivity contribution in [3.05, 3.63) is 35.4 Å². The van der Waals surface area contributed by atoms with Crippen LogP contribution in [0.5, 0.6) is 0 Å². The molecule has 1 saturated carbocycles. The Bertz CT molecular complexity index is 350. The zero-order valence-electron chi connectivity index (χ0n) is 11.1. The molecule has 3 heteroatoms. The van der Waals surface area contributed by atoms with Crippen LogP contribution in [0.3, 0.4) is 0 Å². The van der Waals surface area contributed by atoms with E-state index in [0.29, 0.717) is 12.1 Å². The standard InChI is InChI=1S/C15H23NO2/c1-18-15-5-3-2-4-14(15)16-10-12-6-8-13(11-17)9-7-12/h6-9,14-17H,2-5,10-11H2,1H3. The molecular formula is C15H23NO2. The van der Waals surface area contributed by atoms with Crippen molar-refractivity contribution in [3.63, 3.8) is 0 Å². The fourth-order valence-corrected chi connectivity index (χ4v) is 2.62. The zero-order chi connectivity index (χ0) is 12.8. The smallest absolute Gasteiger partial charge is 0.0724 e. The van der Waals surface area contributed by atoms with Gasteiger partial charge in [-0.05, 0) is 24.0 Å². The molecule has 0 spiro atoms. The first-order valence-corrected chi connectivity index (χ1v) is 6.78. The van der Waals surface area contributed by atoms with Crippen LogP contribution in [-0.2, 0) is 17.9 Å². The lowest BCUT2D eigenvalue weighted by atomic mass is 9.92. The number of aliphatic hydroxyl groups excluding tert-OH is 1. The molecule has 1 aromatic carbocycles. The van der Waals surface area contributed by atoms with Gasteiger partial charge in [0.1, 0.15) is 0 Å². The third kappa shape index (κ3) is 3.55. The molecule has 0 aromatic heterocycles. The van der Waals surface area contributed by atoms with Gasteiger partial charge < -0.3 is 15.2 Å². The van der Waals surface area contributed by atoms with Crippen LogP contribution in [0.1, 0.15) is 36.8 Å². The molecule has 1 aliphatic rings. The number of aliphatic hydroxyl groups is 1. The molecule has 0 saturated heterocycles. The van der Waals surface area contributed by atoms with Crippen molar-refractivity contribution >= 4 is 0 Å². The van der Waals surface area contributed by atoms with E-state index in [9.17, 15) is 0 Å². The van der Waals surface area contributed by atoms with Gasteiger partial charge in [-0.3, -0.25) is 0 Å². The number of hydrogen-bond acceptors (Lipinski definition) is 3. The molecule has 0 bridgehead atoms. The Balaban J connectivity index is 1.85. The Hall–Kier alpha value is -0.900. The van der Waals surface area contributed by atoms with Crippen molar-refractivity contribution in [3.8, 4) is 0 Å². The van der Waals surface area contributed by atoms with Gasteiger partial charge in [-0.2, -0.15) is 0 Å². The lowest BCUT2D eigenvalue weighted by Crippen LogP contribution is -2.42. The third-order valence-electron chi connectivity index (χ3n) is 3.78. The van der Waals surface area contributed by atoms with Gasteiger partial charge in [-0.25, -0.2) is 0 Å². The van der Waals surface area contributed by atoms with Gasteiger partial charge in [-0.1, -0.05) is 37.1 Å². The molecule has 3 nitrogen and oxygen atoms in total. The van der Waals surface area contributed by atoms with Crippen molar-refractivity contribution in [2.75, 3.05) is 7.11 Å². The van der Waals surface area contributed by atoms with Gasteiger partial charge in [0.25, 0.3) is 0 Å². The molecule has 2 unspecified atom stereocenters. The van der Waals surface area contributed by atoms with Crippen LogP contribution in [-0.4, -0.2) is 24.4 Å². The van der Waals surface area contributed by atoms with Gasteiger partial charge in [-0.15, -0.1) is 0 Å². The Morgan fingerprint density at radius 2 is 1.83 bits per heavy atom. The normalized spacial score (nSPS) is 24.1. The van der Waals surface area contributed by atoms with E-state index in [-0.39, 0.29) is 6.61 Å². The molecule has 18 heavy (non-hydrogen) atoms. The molecule has 0 amide bonds. The number of methoxy groups -OCH3 is 1. The molecule has 2 rings (SSSR count). The quantitative estimate of drug-likeness (QED) is 0.841. The van der Waals surface area contributed by atoms with Crippen LogP contribution in [0.4, 0.5) is 0 Å². The monoisotopic (exact) mass is 249 g/mol. The van der Waals surface area contributed by atoms with Crippen molar-refractivity contribution < 1.29 is 9.84 Å². The third-order valence-corrected chi connectivity index (χ3v) is 3.78. The molecule has 1 aromatic rings. The highest BCUT2D eigenvalue weighted by Crippen LogP contribution is 2.21. The van der Waals surface area contributed by atoms with Crippen LogP contribution < -0.4 is 5.32 Å². The predicted molar refractivity (Wildman–Crippen MR) is 72.3 cm³/mol. The SMILES string of the molecule is COC1CCCCC1NCc1ccc(CO)cc1. The minimum Gasteiger partial charge on any atom is -0.392 e. The molecule has 0 heterocycles. The maximum Gasteiger partial charge on any atom is 0.0724 e. The fourth-order valence-electron chi connectivity index (χ4n) is 2.62. The topological polar surface area (TPSA) is 41.5 Å². The highest BCUT2D eigenvalue weighted by atomic mass is 16.5. The van der Waals surface area contributed by atoms with E-state index >= 15 is 0 Å². The number of ether oxygens (including phenoxy) is 1. The fraction of sp³-hybridized carbons (Fsp3) is 0.600. The summed E-state index contributed by atoms with van der Waals surface area (Å²) in [5.74, 6) is 0. The van der Waals surface area contributed by atoms with Crippen LogP contribution >= 0.6 is 0 Å². The zero-order valence-corrected chi connectivity index (χ0v) is 11.1. The molecule has 1 fully saturated rings. The summed E-state index contributed by atoms with van der Waals surface area (Å²) < 4.78 is 5.53. The summed E-state index contributed by atoms with van der Waals surface area (Å²) >= 11 is 0. The summed E-state index contributed by atoms with van der Waals surface area (Å²) in [4.78, 5) is 0. The Labute approximate surface area is 109 Å². The van der Waals surface area contributed by atoms with Crippen LogP contribution in [0, 0.1) is 0 Å². The van der Waals surface area contributed by atoms with E-state index in [1.54, 1.807) is 7.11 Å². The minimum atomic E-state index is 0.113. The van der Waals surface area contributed by atoms with Crippen molar-refractivity contribution in [1.82, 2.24) is 5.32 Å². The number of rotatable bonds is 5. The second kappa shape index (κ2) is 6.88. The first-order chi connectivity index (χ1) is 8.83. The van der Waals surface area contributed by atoms with Crippen LogP contribution in [0.2, 0.25) is 0 Å². The van der Waals surface area contributed by atoms with Crippen molar-refractivity contribution in [2.24, 2.45) is 0 Å². The highest BCUT2D eigenvalue weighted by Gasteiger charge is 2.23. The maximum atomic E-state index is 9.00. The van der Waals surface area contributed by atoms with Crippen LogP contribution in [0.25, 0.3) is 0 Å². The van der Waals surface area contributed by atoms with Gasteiger partial charge >= 0.3 is 0 Å². The van der Waals surface area contributed by atoms with Gasteiger partial charge in [0.05, 0.1) is 12.7 Å². The summed E-state index contributed by atoms with van der Waals surface area (Å²) in [5.41, 5.74) is 2.22. The Kier molecular flexibility index (Phi) is 5.17. The molecule has 1 aliphatic carbocycles. The summed E-state index contributed by atoms with van der Waals surface area (Å²) in [6, 6.07) is 8.57. The molecule has 0 aliphatic heterocycles. The first kappa shape index (κ1) is 13.5. The predicted octanol–water partition coefficient (Wildman–Crippen LogP) is 2.23. The lowest BCUT2D eigenvalue weighted by Gasteiger charge is -2.31. The van der Waals surface area contributed by atoms with Gasteiger partial charge in [0.2, 0.25) is 0 Å². The summed E-state index contributed by atoms with van der Waals surface area (Å²) in [5, 5.41) is 12.6. The number of nitrogens with one attached hydrogen (secondary N) is 1. The summed E-state index contributed by atoms with van der Waals surface area (Å²) in [7, 11) is 1.81. The number of hydrogen-bond donors (Lipinski definition) is 2. The lowest BCUT2D eigenvalue weighted by molar-refractivity contribution is 0.0413. The van der Waals surface area contributed by atoms with E-state index in [2.05, 4.69) is 17.4 Å². The van der Waals surface area contributed by atoms with Gasteiger partial charge in [0, 0.05) is 19.7 Å². The second-order valence-electron chi connectivity index (χ2n) is 5.02. The maximum absolute atomic E-state index is 9.00. The minimum absolute atomic E-state index is 0.113. The van der Waals surface area contributed by atoms with E-state index in [1.165, 1.54) is 24.8 Å². The largest absolute Gasteiger partial charge is 0.392 e. The van der Waals surface area contributed by atoms with Crippen LogP contribution in [0.15, 0.2) is 24.3 Å². The average molecular weight is 249 g/mol. The molecule has 2 N–H and O–H groups in total. The Morgan fingerprint density at radius 1 is 1.17 bits per heavy atom. The molecule has 100 valence electrons. The van der Waals surface area contributed by atoms with E-state index in [0.717, 1.165) is 18.5 Å².